The van der Waals surface area contributed by atoms with E-state index in [-0.39, 0.29) is 16.8 Å². The van der Waals surface area contributed by atoms with Crippen molar-refractivity contribution in [2.24, 2.45) is 0 Å². The summed E-state index contributed by atoms with van der Waals surface area (Å²) in [5.74, 6) is -0.269. The standard InChI is InChI=1S/C19H23ClN2O3S/c1-14(2)22(4)26(24,25)17-10-7-9-15(12-17)19(23)21(3)13-16-8-5-6-11-18(16)20/h5-12,14H,13H2,1-4H3. The van der Waals surface area contributed by atoms with Crippen LogP contribution in [0.5, 0.6) is 0 Å². The van der Waals surface area contributed by atoms with E-state index >= 15 is 0 Å². The third-order valence-electron chi connectivity index (χ3n) is 4.20. The second-order valence-electron chi connectivity index (χ2n) is 6.40. The van der Waals surface area contributed by atoms with Gasteiger partial charge in [0.2, 0.25) is 10.0 Å². The van der Waals surface area contributed by atoms with Crippen molar-refractivity contribution in [2.75, 3.05) is 14.1 Å². The lowest BCUT2D eigenvalue weighted by Gasteiger charge is -2.22. The zero-order valence-corrected chi connectivity index (χ0v) is 16.9. The van der Waals surface area contributed by atoms with Gasteiger partial charge in [-0.15, -0.1) is 0 Å². The third kappa shape index (κ3) is 4.44. The molecule has 0 spiro atoms. The second kappa shape index (κ2) is 8.20. The van der Waals surface area contributed by atoms with E-state index in [0.717, 1.165) is 5.56 Å². The van der Waals surface area contributed by atoms with Crippen LogP contribution in [-0.4, -0.2) is 43.7 Å². The topological polar surface area (TPSA) is 57.7 Å². The lowest BCUT2D eigenvalue weighted by Crippen LogP contribution is -2.33. The number of carbonyl (C=O) groups excluding carboxylic acids is 1. The van der Waals surface area contributed by atoms with Gasteiger partial charge in [0.15, 0.2) is 0 Å². The molecule has 0 saturated carbocycles. The van der Waals surface area contributed by atoms with Gasteiger partial charge in [-0.2, -0.15) is 4.31 Å². The highest BCUT2D eigenvalue weighted by atomic mass is 35.5. The first kappa shape index (κ1) is 20.4. The van der Waals surface area contributed by atoms with Gasteiger partial charge < -0.3 is 4.90 Å². The molecule has 0 N–H and O–H groups in total. The average Bonchev–Trinajstić information content (AvgIpc) is 2.62. The molecule has 0 atom stereocenters. The number of sulfonamides is 1. The van der Waals surface area contributed by atoms with Crippen LogP contribution >= 0.6 is 11.6 Å². The SMILES string of the molecule is CC(C)N(C)S(=O)(=O)c1cccc(C(=O)N(C)Cc2ccccc2Cl)c1. The van der Waals surface area contributed by atoms with Gasteiger partial charge in [-0.3, -0.25) is 4.79 Å². The van der Waals surface area contributed by atoms with Crippen molar-refractivity contribution in [3.63, 3.8) is 0 Å². The van der Waals surface area contributed by atoms with Crippen LogP contribution in [0, 0.1) is 0 Å². The molecule has 0 radical (unpaired) electrons. The van der Waals surface area contributed by atoms with Crippen LogP contribution in [0.4, 0.5) is 0 Å². The number of carbonyl (C=O) groups is 1. The number of benzene rings is 2. The van der Waals surface area contributed by atoms with Crippen molar-refractivity contribution in [3.8, 4) is 0 Å². The number of rotatable bonds is 6. The number of amides is 1. The van der Waals surface area contributed by atoms with Crippen molar-refractivity contribution < 1.29 is 13.2 Å². The summed E-state index contributed by atoms with van der Waals surface area (Å²) < 4.78 is 26.6. The summed E-state index contributed by atoms with van der Waals surface area (Å²) in [6.45, 7) is 3.93. The Labute approximate surface area is 160 Å². The molecule has 0 aliphatic heterocycles. The average molecular weight is 395 g/mol. The Balaban J connectivity index is 2.27. The molecule has 0 aliphatic carbocycles. The van der Waals surface area contributed by atoms with E-state index in [1.165, 1.54) is 28.4 Å². The molecule has 0 aromatic heterocycles. The number of hydrogen-bond donors (Lipinski definition) is 0. The Morgan fingerprint density at radius 1 is 1.08 bits per heavy atom. The summed E-state index contributed by atoms with van der Waals surface area (Å²) in [5, 5.41) is 0.585. The predicted molar refractivity (Wildman–Crippen MR) is 104 cm³/mol. The van der Waals surface area contributed by atoms with E-state index in [0.29, 0.717) is 17.1 Å². The first-order valence-corrected chi connectivity index (χ1v) is 10.0. The zero-order chi connectivity index (χ0) is 19.5. The number of nitrogens with zero attached hydrogens (tertiary/aromatic N) is 2. The van der Waals surface area contributed by atoms with Crippen molar-refractivity contribution >= 4 is 27.5 Å². The van der Waals surface area contributed by atoms with E-state index in [2.05, 4.69) is 0 Å². The summed E-state index contributed by atoms with van der Waals surface area (Å²) in [7, 11) is -0.458. The maximum Gasteiger partial charge on any atom is 0.253 e. The maximum atomic E-state index is 12.7. The first-order valence-electron chi connectivity index (χ1n) is 8.21. The molecule has 2 rings (SSSR count). The van der Waals surface area contributed by atoms with Gasteiger partial charge in [-0.05, 0) is 43.7 Å². The summed E-state index contributed by atoms with van der Waals surface area (Å²) in [6.07, 6.45) is 0. The Hall–Kier alpha value is -1.89. The van der Waals surface area contributed by atoms with Crippen LogP contribution in [0.15, 0.2) is 53.4 Å². The lowest BCUT2D eigenvalue weighted by molar-refractivity contribution is 0.0785. The summed E-state index contributed by atoms with van der Waals surface area (Å²) in [6, 6.07) is 13.2. The third-order valence-corrected chi connectivity index (χ3v) is 6.60. The normalized spacial score (nSPS) is 11.8. The predicted octanol–water partition coefficient (Wildman–Crippen LogP) is 3.64. The van der Waals surface area contributed by atoms with Crippen molar-refractivity contribution in [3.05, 3.63) is 64.7 Å². The molecule has 5 nitrogen and oxygen atoms in total. The monoisotopic (exact) mass is 394 g/mol. The molecule has 0 heterocycles. The van der Waals surface area contributed by atoms with Crippen molar-refractivity contribution in [1.29, 1.82) is 0 Å². The fourth-order valence-corrected chi connectivity index (χ4v) is 4.02. The van der Waals surface area contributed by atoms with Gasteiger partial charge in [0, 0.05) is 37.3 Å². The van der Waals surface area contributed by atoms with Gasteiger partial charge in [0.05, 0.1) is 4.90 Å². The Bertz CT molecular complexity index is 897. The number of hydrogen-bond acceptors (Lipinski definition) is 3. The first-order chi connectivity index (χ1) is 12.1. The molecule has 26 heavy (non-hydrogen) atoms. The Kier molecular flexibility index (Phi) is 6.44. The van der Waals surface area contributed by atoms with E-state index in [1.807, 2.05) is 18.2 Å². The molecule has 2 aromatic rings. The highest BCUT2D eigenvalue weighted by Gasteiger charge is 2.24. The smallest absolute Gasteiger partial charge is 0.253 e. The molecule has 140 valence electrons. The van der Waals surface area contributed by atoms with Gasteiger partial charge in [0.25, 0.3) is 5.91 Å². The quantitative estimate of drug-likeness (QED) is 0.751. The summed E-state index contributed by atoms with van der Waals surface area (Å²) in [4.78, 5) is 14.3. The molecular formula is C19H23ClN2O3S. The largest absolute Gasteiger partial charge is 0.337 e. The highest BCUT2D eigenvalue weighted by molar-refractivity contribution is 7.89. The van der Waals surface area contributed by atoms with Gasteiger partial charge in [-0.25, -0.2) is 8.42 Å². The molecule has 0 fully saturated rings. The van der Waals surface area contributed by atoms with Crippen LogP contribution in [-0.2, 0) is 16.6 Å². The molecular weight excluding hydrogens is 372 g/mol. The van der Waals surface area contributed by atoms with E-state index in [1.54, 1.807) is 39.1 Å². The molecule has 0 bridgehead atoms. The van der Waals surface area contributed by atoms with Gasteiger partial charge in [-0.1, -0.05) is 35.9 Å². The summed E-state index contributed by atoms with van der Waals surface area (Å²) in [5.41, 5.74) is 1.14. The fraction of sp³-hybridized carbons (Fsp3) is 0.316. The van der Waals surface area contributed by atoms with Gasteiger partial charge >= 0.3 is 0 Å². The van der Waals surface area contributed by atoms with Crippen LogP contribution < -0.4 is 0 Å². The molecule has 7 heteroatoms. The van der Waals surface area contributed by atoms with Gasteiger partial charge in [0.1, 0.15) is 0 Å². The van der Waals surface area contributed by atoms with Crippen molar-refractivity contribution in [1.82, 2.24) is 9.21 Å². The minimum atomic E-state index is -3.64. The van der Waals surface area contributed by atoms with E-state index in [9.17, 15) is 13.2 Å². The van der Waals surface area contributed by atoms with Crippen LogP contribution in [0.25, 0.3) is 0 Å². The molecule has 2 aromatic carbocycles. The molecule has 0 aliphatic rings. The highest BCUT2D eigenvalue weighted by Crippen LogP contribution is 2.20. The fourth-order valence-electron chi connectivity index (χ4n) is 2.41. The number of halogens is 1. The lowest BCUT2D eigenvalue weighted by atomic mass is 10.1. The van der Waals surface area contributed by atoms with Crippen LogP contribution in [0.3, 0.4) is 0 Å². The Morgan fingerprint density at radius 3 is 2.35 bits per heavy atom. The second-order valence-corrected chi connectivity index (χ2v) is 8.80. The Morgan fingerprint density at radius 2 is 1.73 bits per heavy atom. The van der Waals surface area contributed by atoms with Crippen LogP contribution in [0.2, 0.25) is 5.02 Å². The van der Waals surface area contributed by atoms with E-state index < -0.39 is 10.0 Å². The summed E-state index contributed by atoms with van der Waals surface area (Å²) >= 11 is 6.15. The van der Waals surface area contributed by atoms with Crippen LogP contribution in [0.1, 0.15) is 29.8 Å². The molecule has 0 unspecified atom stereocenters. The molecule has 1 amide bonds. The molecule has 0 saturated heterocycles. The minimum absolute atomic E-state index is 0.102. The minimum Gasteiger partial charge on any atom is -0.337 e. The van der Waals surface area contributed by atoms with E-state index in [4.69, 9.17) is 11.6 Å². The zero-order valence-electron chi connectivity index (χ0n) is 15.3. The maximum absolute atomic E-state index is 12.7. The van der Waals surface area contributed by atoms with Crippen molar-refractivity contribution in [2.45, 2.75) is 31.3 Å².